The van der Waals surface area contributed by atoms with Crippen molar-refractivity contribution in [3.63, 3.8) is 0 Å². The van der Waals surface area contributed by atoms with E-state index in [4.69, 9.17) is 9.47 Å². The van der Waals surface area contributed by atoms with Crippen molar-refractivity contribution in [3.8, 4) is 16.9 Å². The van der Waals surface area contributed by atoms with E-state index in [1.165, 1.54) is 11.0 Å². The fourth-order valence-electron chi connectivity index (χ4n) is 6.24. The Balaban J connectivity index is 1.28. The predicted molar refractivity (Wildman–Crippen MR) is 159 cm³/mol. The second-order valence-electron chi connectivity index (χ2n) is 11.8. The van der Waals surface area contributed by atoms with Crippen LogP contribution in [0, 0.1) is 17.6 Å². The number of hydrogen-bond acceptors (Lipinski definition) is 7. The monoisotopic (exact) mass is 632 g/mol. The van der Waals surface area contributed by atoms with Gasteiger partial charge in [0.2, 0.25) is 0 Å². The Labute approximate surface area is 259 Å². The highest BCUT2D eigenvalue weighted by atomic mass is 19.4. The molecule has 2 atom stereocenters. The molecule has 2 aromatic heterocycles. The van der Waals surface area contributed by atoms with Crippen LogP contribution in [0.4, 0.5) is 27.8 Å². The van der Waals surface area contributed by atoms with Crippen LogP contribution in [-0.2, 0) is 16.1 Å². The van der Waals surface area contributed by atoms with Crippen molar-refractivity contribution in [1.82, 2.24) is 14.9 Å². The topological polar surface area (TPSA) is 67.8 Å². The number of ether oxygens (including phenoxy) is 2. The van der Waals surface area contributed by atoms with Gasteiger partial charge in [-0.3, -0.25) is 14.7 Å². The number of halogens is 5. The molecule has 2 saturated heterocycles. The van der Waals surface area contributed by atoms with E-state index >= 15 is 4.39 Å². The number of benzene rings is 1. The largest absolute Gasteiger partial charge is 0.485 e. The average molecular weight is 633 g/mol. The summed E-state index contributed by atoms with van der Waals surface area (Å²) >= 11 is 0. The maximum Gasteiger partial charge on any atom is 0.401 e. The molecule has 1 aromatic carbocycles. The summed E-state index contributed by atoms with van der Waals surface area (Å²) < 4.78 is 79.5. The van der Waals surface area contributed by atoms with Gasteiger partial charge in [0.05, 0.1) is 19.1 Å². The number of hydrogen-bond donors (Lipinski definition) is 0. The highest BCUT2D eigenvalue weighted by Crippen LogP contribution is 2.37. The van der Waals surface area contributed by atoms with Gasteiger partial charge in [0.1, 0.15) is 18.2 Å². The number of likely N-dealkylation sites (tertiary alicyclic amines) is 1. The van der Waals surface area contributed by atoms with Crippen LogP contribution in [0.2, 0.25) is 0 Å². The van der Waals surface area contributed by atoms with Crippen molar-refractivity contribution in [2.24, 2.45) is 5.92 Å². The highest BCUT2D eigenvalue weighted by Gasteiger charge is 2.36. The van der Waals surface area contributed by atoms with Gasteiger partial charge in [-0.15, -0.1) is 0 Å². The summed E-state index contributed by atoms with van der Waals surface area (Å²) in [5.41, 5.74) is 2.30. The fraction of sp³-hybridized carbons (Fsp3) is 0.485. The number of pyridine rings is 2. The Kier molecular flexibility index (Phi) is 10.2. The minimum Gasteiger partial charge on any atom is -0.485 e. The normalized spacial score (nSPS) is 19.8. The van der Waals surface area contributed by atoms with Crippen LogP contribution in [0.1, 0.15) is 56.6 Å². The third-order valence-corrected chi connectivity index (χ3v) is 8.57. The maximum atomic E-state index is 15.2. The van der Waals surface area contributed by atoms with Crippen LogP contribution >= 0.6 is 0 Å². The lowest BCUT2D eigenvalue weighted by atomic mass is 9.86. The van der Waals surface area contributed by atoms with Crippen molar-refractivity contribution in [3.05, 3.63) is 71.7 Å². The number of aromatic nitrogens is 2. The van der Waals surface area contributed by atoms with E-state index in [2.05, 4.69) is 9.97 Å². The van der Waals surface area contributed by atoms with Crippen LogP contribution < -0.4 is 9.64 Å². The van der Waals surface area contributed by atoms with Crippen LogP contribution in [-0.4, -0.2) is 65.8 Å². The summed E-state index contributed by atoms with van der Waals surface area (Å²) in [5, 5.41) is 0. The molecule has 0 amide bonds. The molecule has 12 heteroatoms. The van der Waals surface area contributed by atoms with Gasteiger partial charge in [0.15, 0.2) is 11.6 Å². The molecule has 0 aliphatic carbocycles. The molecule has 3 aromatic rings. The Morgan fingerprint density at radius 1 is 1.04 bits per heavy atom. The van der Waals surface area contributed by atoms with Crippen molar-refractivity contribution >= 4 is 11.8 Å². The Morgan fingerprint density at radius 2 is 1.82 bits per heavy atom. The molecule has 0 spiro atoms. The molecule has 2 aliphatic rings. The Bertz CT molecular complexity index is 1480. The standard InChI is InChI=1S/C33H37F5N4O3/c1-3-44-32(43)23-5-9-41(10-6-23)30-14-25(4-8-40-30)28-15-27(34)16-29(35)31(28)45-19-22-13-26(18-39-17-22)24-7-11-42(21(2)12-24)20-33(36,37)38/h4,8,13-18,21,23-24H,3,5-7,9-12,19-20H2,1-2H3. The van der Waals surface area contributed by atoms with E-state index in [0.717, 1.165) is 11.6 Å². The smallest absolute Gasteiger partial charge is 0.401 e. The zero-order chi connectivity index (χ0) is 32.1. The molecule has 2 aliphatic heterocycles. The fourth-order valence-corrected chi connectivity index (χ4v) is 6.24. The zero-order valence-electron chi connectivity index (χ0n) is 25.3. The number of alkyl halides is 3. The highest BCUT2D eigenvalue weighted by molar-refractivity contribution is 5.74. The van der Waals surface area contributed by atoms with Crippen LogP contribution in [0.25, 0.3) is 11.1 Å². The number of nitrogens with zero attached hydrogens (tertiary/aromatic N) is 4. The lowest BCUT2D eigenvalue weighted by molar-refractivity contribution is -0.153. The van der Waals surface area contributed by atoms with E-state index in [-0.39, 0.29) is 41.8 Å². The summed E-state index contributed by atoms with van der Waals surface area (Å²) in [5.74, 6) is -1.43. The first-order valence-corrected chi connectivity index (χ1v) is 15.2. The number of piperidine rings is 2. The van der Waals surface area contributed by atoms with Gasteiger partial charge in [0, 0.05) is 54.9 Å². The van der Waals surface area contributed by atoms with Crippen molar-refractivity contribution in [1.29, 1.82) is 0 Å². The van der Waals surface area contributed by atoms with Gasteiger partial charge in [-0.05, 0) is 87.4 Å². The Morgan fingerprint density at radius 3 is 2.53 bits per heavy atom. The molecule has 0 radical (unpaired) electrons. The van der Waals surface area contributed by atoms with Gasteiger partial charge < -0.3 is 14.4 Å². The van der Waals surface area contributed by atoms with Crippen molar-refractivity contribution in [2.75, 3.05) is 37.7 Å². The first-order chi connectivity index (χ1) is 21.5. The van der Waals surface area contributed by atoms with Gasteiger partial charge in [0.25, 0.3) is 0 Å². The lowest BCUT2D eigenvalue weighted by Crippen LogP contribution is -2.45. The lowest BCUT2D eigenvalue weighted by Gasteiger charge is -2.38. The summed E-state index contributed by atoms with van der Waals surface area (Å²) in [6.07, 6.45) is 2.99. The first-order valence-electron chi connectivity index (χ1n) is 15.2. The number of carbonyl (C=O) groups excluding carboxylic acids is 1. The number of anilines is 1. The van der Waals surface area contributed by atoms with Gasteiger partial charge >= 0.3 is 12.1 Å². The van der Waals surface area contributed by atoms with Gasteiger partial charge in [-0.1, -0.05) is 0 Å². The van der Waals surface area contributed by atoms with Crippen LogP contribution in [0.15, 0.2) is 48.9 Å². The molecule has 0 bridgehead atoms. The molecular formula is C33H37F5N4O3. The summed E-state index contributed by atoms with van der Waals surface area (Å²) in [4.78, 5) is 24.4. The second-order valence-corrected chi connectivity index (χ2v) is 11.8. The van der Waals surface area contributed by atoms with Crippen LogP contribution in [0.3, 0.4) is 0 Å². The van der Waals surface area contributed by atoms with Gasteiger partial charge in [-0.2, -0.15) is 13.2 Å². The van der Waals surface area contributed by atoms with E-state index in [0.29, 0.717) is 68.9 Å². The quantitative estimate of drug-likeness (QED) is 0.188. The number of esters is 1. The molecule has 0 N–H and O–H groups in total. The molecule has 45 heavy (non-hydrogen) atoms. The third kappa shape index (κ3) is 8.27. The van der Waals surface area contributed by atoms with Gasteiger partial charge in [-0.25, -0.2) is 13.8 Å². The van der Waals surface area contributed by atoms with E-state index < -0.39 is 24.4 Å². The molecule has 2 fully saturated rings. The van der Waals surface area contributed by atoms with E-state index in [1.807, 2.05) is 11.0 Å². The maximum absolute atomic E-state index is 15.2. The van der Waals surface area contributed by atoms with E-state index in [1.54, 1.807) is 44.6 Å². The molecule has 242 valence electrons. The second kappa shape index (κ2) is 14.1. The molecule has 4 heterocycles. The van der Waals surface area contributed by atoms with Crippen molar-refractivity contribution < 1.29 is 36.2 Å². The molecule has 7 nitrogen and oxygen atoms in total. The average Bonchev–Trinajstić information content (AvgIpc) is 3.01. The molecule has 2 unspecified atom stereocenters. The molecule has 0 saturated carbocycles. The summed E-state index contributed by atoms with van der Waals surface area (Å²) in [6, 6.07) is 7.04. The molecular weight excluding hydrogens is 595 g/mol. The number of carbonyl (C=O) groups is 1. The summed E-state index contributed by atoms with van der Waals surface area (Å²) in [6.45, 7) is 4.45. The predicted octanol–water partition coefficient (Wildman–Crippen LogP) is 6.91. The minimum absolute atomic E-state index is 0.0349. The zero-order valence-corrected chi connectivity index (χ0v) is 25.3. The third-order valence-electron chi connectivity index (χ3n) is 8.57. The minimum atomic E-state index is -4.24. The first kappa shape index (κ1) is 32.6. The van der Waals surface area contributed by atoms with Crippen LogP contribution in [0.5, 0.6) is 5.75 Å². The SMILES string of the molecule is CCOC(=O)C1CCN(c2cc(-c3cc(F)cc(F)c3OCc3cncc(C4CCN(CC(F)(F)F)C(C)C4)c3)ccn2)CC1. The molecule has 5 rings (SSSR count). The number of rotatable bonds is 9. The van der Waals surface area contributed by atoms with Crippen molar-refractivity contribution in [2.45, 2.75) is 64.3 Å². The summed E-state index contributed by atoms with van der Waals surface area (Å²) in [7, 11) is 0. The van der Waals surface area contributed by atoms with E-state index in [9.17, 15) is 22.4 Å². The Hall–Kier alpha value is -3.80.